The molecule has 1 aliphatic rings. The highest BCUT2D eigenvalue weighted by Gasteiger charge is 2.24. The third-order valence-electron chi connectivity index (χ3n) is 3.30. The Morgan fingerprint density at radius 3 is 2.77 bits per heavy atom. The van der Waals surface area contributed by atoms with Gasteiger partial charge in [0, 0.05) is 6.07 Å². The molecule has 0 bridgehead atoms. The van der Waals surface area contributed by atoms with Gasteiger partial charge in [-0.2, -0.15) is 0 Å². The predicted molar refractivity (Wildman–Crippen MR) is 102 cm³/mol. The van der Waals surface area contributed by atoms with Crippen LogP contribution in [0.4, 0.5) is 11.4 Å². The zero-order valence-electron chi connectivity index (χ0n) is 12.8. The molecule has 0 atom stereocenters. The molecule has 0 spiro atoms. The van der Waals surface area contributed by atoms with Gasteiger partial charge in [-0.1, -0.05) is 35.3 Å². The number of nitro benzene ring substituents is 1. The molecule has 2 aromatic carbocycles. The number of hydrogen-bond donors (Lipinski definition) is 2. The number of phenolic OH excluding ortho intramolecular Hbond substituents is 1. The van der Waals surface area contributed by atoms with Gasteiger partial charge >= 0.3 is 5.69 Å². The van der Waals surface area contributed by atoms with E-state index in [1.807, 2.05) is 0 Å². The number of aliphatic imine (C=N–C) groups is 1. The molecule has 1 amide bonds. The van der Waals surface area contributed by atoms with Crippen LogP contribution in [0, 0.1) is 10.1 Å². The molecule has 132 valence electrons. The first kappa shape index (κ1) is 18.2. The van der Waals surface area contributed by atoms with Crippen LogP contribution in [0.25, 0.3) is 6.08 Å². The van der Waals surface area contributed by atoms with Crippen LogP contribution < -0.4 is 5.32 Å². The van der Waals surface area contributed by atoms with Crippen LogP contribution in [0.5, 0.6) is 5.75 Å². The Labute approximate surface area is 161 Å². The van der Waals surface area contributed by atoms with Crippen LogP contribution in [-0.4, -0.2) is 21.1 Å². The van der Waals surface area contributed by atoms with Crippen molar-refractivity contribution < 1.29 is 14.8 Å². The molecule has 1 fully saturated rings. The lowest BCUT2D eigenvalue weighted by Gasteiger charge is -2.01. The van der Waals surface area contributed by atoms with E-state index < -0.39 is 22.3 Å². The Bertz CT molecular complexity index is 991. The molecule has 0 unspecified atom stereocenters. The number of aromatic hydroxyl groups is 1. The molecular formula is C16H9Cl2N3O4S. The average molecular weight is 410 g/mol. The number of carbonyl (C=O) groups excluding carboxylic acids is 1. The van der Waals surface area contributed by atoms with Gasteiger partial charge in [-0.3, -0.25) is 14.9 Å². The fourth-order valence-electron chi connectivity index (χ4n) is 2.10. The summed E-state index contributed by atoms with van der Waals surface area (Å²) < 4.78 is 0. The van der Waals surface area contributed by atoms with Crippen molar-refractivity contribution in [2.45, 2.75) is 0 Å². The smallest absolute Gasteiger partial charge is 0.311 e. The quantitative estimate of drug-likeness (QED) is 0.441. The lowest BCUT2D eigenvalue weighted by molar-refractivity contribution is -0.385. The van der Waals surface area contributed by atoms with E-state index in [4.69, 9.17) is 23.2 Å². The van der Waals surface area contributed by atoms with Crippen LogP contribution >= 0.6 is 35.0 Å². The lowest BCUT2D eigenvalue weighted by Crippen LogP contribution is -2.19. The number of benzene rings is 2. The van der Waals surface area contributed by atoms with Gasteiger partial charge in [0.05, 0.1) is 25.6 Å². The molecule has 1 saturated heterocycles. The van der Waals surface area contributed by atoms with Crippen molar-refractivity contribution in [3.05, 3.63) is 67.0 Å². The maximum Gasteiger partial charge on any atom is 0.311 e. The Morgan fingerprint density at radius 1 is 1.27 bits per heavy atom. The average Bonchev–Trinajstić information content (AvgIpc) is 2.93. The van der Waals surface area contributed by atoms with Gasteiger partial charge in [-0.05, 0) is 41.6 Å². The van der Waals surface area contributed by atoms with Gasteiger partial charge < -0.3 is 10.4 Å². The highest BCUT2D eigenvalue weighted by Crippen LogP contribution is 2.35. The van der Waals surface area contributed by atoms with E-state index in [2.05, 4.69) is 10.3 Å². The molecule has 0 saturated carbocycles. The number of rotatable bonds is 3. The molecule has 0 aliphatic carbocycles. The second-order valence-electron chi connectivity index (χ2n) is 5.06. The molecule has 26 heavy (non-hydrogen) atoms. The Hall–Kier alpha value is -2.55. The number of carbonyl (C=O) groups is 1. The van der Waals surface area contributed by atoms with Crippen molar-refractivity contribution in [1.82, 2.24) is 5.32 Å². The van der Waals surface area contributed by atoms with E-state index in [-0.39, 0.29) is 5.02 Å². The maximum atomic E-state index is 12.1. The Morgan fingerprint density at radius 2 is 2.04 bits per heavy atom. The van der Waals surface area contributed by atoms with Crippen molar-refractivity contribution >= 4 is 63.5 Å². The van der Waals surface area contributed by atoms with E-state index >= 15 is 0 Å². The van der Waals surface area contributed by atoms with Crippen molar-refractivity contribution in [3.63, 3.8) is 0 Å². The van der Waals surface area contributed by atoms with Gasteiger partial charge in [0.2, 0.25) is 0 Å². The number of amides is 1. The summed E-state index contributed by atoms with van der Waals surface area (Å²) in [6, 6.07) is 8.80. The number of nitrogens with zero attached hydrogens (tertiary/aromatic N) is 2. The summed E-state index contributed by atoms with van der Waals surface area (Å²) in [5, 5.41) is 23.9. The third-order valence-corrected chi connectivity index (χ3v) is 5.02. The van der Waals surface area contributed by atoms with Gasteiger partial charge in [0.1, 0.15) is 0 Å². The largest absolute Gasteiger partial charge is 0.502 e. The second kappa shape index (κ2) is 7.36. The zero-order valence-corrected chi connectivity index (χ0v) is 15.1. The Balaban J connectivity index is 1.89. The summed E-state index contributed by atoms with van der Waals surface area (Å²) in [6.45, 7) is 0. The standard InChI is InChI=1S/C16H9Cl2N3O4S/c17-9-2-1-3-10(14(9)18)19-16-20-15(23)13(26-16)7-8-4-5-12(22)11(6-8)21(24)25/h1-7,22H,(H,19,20,23)/b13-7-. The fraction of sp³-hybridized carbons (Fsp3) is 0. The van der Waals surface area contributed by atoms with Crippen LogP contribution in [-0.2, 0) is 4.79 Å². The minimum Gasteiger partial charge on any atom is -0.502 e. The van der Waals surface area contributed by atoms with Crippen LogP contribution in [0.3, 0.4) is 0 Å². The highest BCUT2D eigenvalue weighted by molar-refractivity contribution is 8.18. The van der Waals surface area contributed by atoms with Crippen molar-refractivity contribution in [3.8, 4) is 5.75 Å². The summed E-state index contributed by atoms with van der Waals surface area (Å²) in [7, 11) is 0. The number of amidine groups is 1. The van der Waals surface area contributed by atoms with Crippen LogP contribution in [0.2, 0.25) is 10.0 Å². The number of nitro groups is 1. The van der Waals surface area contributed by atoms with Crippen molar-refractivity contribution in [2.75, 3.05) is 0 Å². The first-order valence-corrected chi connectivity index (χ1v) is 8.63. The summed E-state index contributed by atoms with van der Waals surface area (Å²) in [5.41, 5.74) is 0.361. The van der Waals surface area contributed by atoms with Gasteiger partial charge in [-0.15, -0.1) is 0 Å². The number of hydrogen-bond acceptors (Lipinski definition) is 6. The molecule has 0 radical (unpaired) electrons. The molecule has 0 aromatic heterocycles. The van der Waals surface area contributed by atoms with Gasteiger partial charge in [0.15, 0.2) is 10.9 Å². The molecule has 1 aliphatic heterocycles. The molecular weight excluding hydrogens is 401 g/mol. The van der Waals surface area contributed by atoms with Crippen molar-refractivity contribution in [1.29, 1.82) is 0 Å². The predicted octanol–water partition coefficient (Wildman–Crippen LogP) is 4.50. The first-order valence-electron chi connectivity index (χ1n) is 7.06. The molecule has 1 heterocycles. The third kappa shape index (κ3) is 3.82. The summed E-state index contributed by atoms with van der Waals surface area (Å²) in [4.78, 5) is 26.8. The van der Waals surface area contributed by atoms with Gasteiger partial charge in [-0.25, -0.2) is 4.99 Å². The SMILES string of the molecule is O=C1NC(=Nc2cccc(Cl)c2Cl)S/C1=C\c1ccc(O)c([N+](=O)[O-])c1. The molecule has 2 N–H and O–H groups in total. The minimum atomic E-state index is -0.701. The molecule has 10 heteroatoms. The molecule has 3 rings (SSSR count). The van der Waals surface area contributed by atoms with Gasteiger partial charge in [0.25, 0.3) is 5.91 Å². The van der Waals surface area contributed by atoms with Crippen LogP contribution in [0.15, 0.2) is 46.3 Å². The maximum absolute atomic E-state index is 12.1. The van der Waals surface area contributed by atoms with E-state index in [1.165, 1.54) is 24.3 Å². The highest BCUT2D eigenvalue weighted by atomic mass is 35.5. The molecule has 7 nitrogen and oxygen atoms in total. The van der Waals surface area contributed by atoms with Crippen LogP contribution in [0.1, 0.15) is 5.56 Å². The number of halogens is 2. The number of nitrogens with one attached hydrogen (secondary N) is 1. The summed E-state index contributed by atoms with van der Waals surface area (Å²) >= 11 is 13.1. The lowest BCUT2D eigenvalue weighted by atomic mass is 10.1. The van der Waals surface area contributed by atoms with E-state index in [0.717, 1.165) is 11.8 Å². The minimum absolute atomic E-state index is 0.267. The van der Waals surface area contributed by atoms with Crippen molar-refractivity contribution in [2.24, 2.45) is 4.99 Å². The zero-order chi connectivity index (χ0) is 18.8. The monoisotopic (exact) mass is 409 g/mol. The summed E-state index contributed by atoms with van der Waals surface area (Å²) in [5.74, 6) is -0.846. The fourth-order valence-corrected chi connectivity index (χ4v) is 3.27. The van der Waals surface area contributed by atoms with E-state index in [9.17, 15) is 20.0 Å². The number of thioether (sulfide) groups is 1. The number of phenols is 1. The molecule has 2 aromatic rings. The summed E-state index contributed by atoms with van der Waals surface area (Å²) in [6.07, 6.45) is 1.47. The van der Waals surface area contributed by atoms with E-state index in [0.29, 0.717) is 26.3 Å². The second-order valence-corrected chi connectivity index (χ2v) is 6.88. The normalized spacial score (nSPS) is 16.9. The Kier molecular flexibility index (Phi) is 5.17. The first-order chi connectivity index (χ1) is 12.3. The van der Waals surface area contributed by atoms with E-state index in [1.54, 1.807) is 18.2 Å². The topological polar surface area (TPSA) is 105 Å².